The second kappa shape index (κ2) is 4.40. The van der Waals surface area contributed by atoms with Crippen molar-refractivity contribution in [3.63, 3.8) is 0 Å². The minimum absolute atomic E-state index is 0.0187. The Labute approximate surface area is 71.9 Å². The van der Waals surface area contributed by atoms with Gasteiger partial charge >= 0.3 is 0 Å². The number of rotatable bonds is 2. The van der Waals surface area contributed by atoms with Crippen molar-refractivity contribution < 1.29 is 9.18 Å². The van der Waals surface area contributed by atoms with E-state index in [9.17, 15) is 9.18 Å². The summed E-state index contributed by atoms with van der Waals surface area (Å²) >= 11 is 0. The van der Waals surface area contributed by atoms with Crippen LogP contribution in [0.4, 0.5) is 4.39 Å². The molecule has 0 radical (unpaired) electrons. The highest BCUT2D eigenvalue weighted by Gasteiger charge is 2.21. The van der Waals surface area contributed by atoms with Crippen LogP contribution in [0.25, 0.3) is 0 Å². The molecule has 0 bridgehead atoms. The zero-order chi connectivity index (χ0) is 8.97. The van der Waals surface area contributed by atoms with Crippen LogP contribution in [-0.4, -0.2) is 43.2 Å². The van der Waals surface area contributed by atoms with Gasteiger partial charge in [0.2, 0.25) is 5.91 Å². The van der Waals surface area contributed by atoms with E-state index in [-0.39, 0.29) is 18.5 Å². The highest BCUT2D eigenvalue weighted by atomic mass is 19.1. The number of amides is 1. The lowest BCUT2D eigenvalue weighted by atomic mass is 10.3. The van der Waals surface area contributed by atoms with Gasteiger partial charge in [-0.3, -0.25) is 4.79 Å². The highest BCUT2D eigenvalue weighted by molar-refractivity contribution is 5.81. The first-order chi connectivity index (χ1) is 5.75. The topological polar surface area (TPSA) is 32.3 Å². The molecule has 0 aliphatic carbocycles. The van der Waals surface area contributed by atoms with Crippen molar-refractivity contribution in [2.45, 2.75) is 19.4 Å². The molecule has 3 nitrogen and oxygen atoms in total. The molecular formula is C8H15FN2O. The zero-order valence-corrected chi connectivity index (χ0v) is 7.35. The minimum atomic E-state index is -0.446. The average Bonchev–Trinajstić information content (AvgIpc) is 2.20. The summed E-state index contributed by atoms with van der Waals surface area (Å²) in [6.07, 6.45) is 0.913. The van der Waals surface area contributed by atoms with Gasteiger partial charge in [-0.25, -0.2) is 4.39 Å². The summed E-state index contributed by atoms with van der Waals surface area (Å²) in [7, 11) is 0. The molecule has 1 atom stereocenters. The standard InChI is InChI=1S/C8H15FN2O/c1-7-8(12)11(6-3-9)5-2-4-10-7/h7,10H,2-6H2,1H3/t7-/m0/s1. The summed E-state index contributed by atoms with van der Waals surface area (Å²) in [5.41, 5.74) is 0. The van der Waals surface area contributed by atoms with Crippen molar-refractivity contribution in [1.29, 1.82) is 0 Å². The SMILES string of the molecule is C[C@@H]1NCCCN(CCF)C1=O. The molecule has 1 aliphatic heterocycles. The first-order valence-corrected chi connectivity index (χ1v) is 4.34. The number of nitrogens with one attached hydrogen (secondary N) is 1. The third-order valence-corrected chi connectivity index (χ3v) is 2.09. The molecule has 1 rings (SSSR count). The number of nitrogens with zero attached hydrogens (tertiary/aromatic N) is 1. The van der Waals surface area contributed by atoms with Gasteiger partial charge in [-0.1, -0.05) is 0 Å². The molecule has 0 saturated carbocycles. The van der Waals surface area contributed by atoms with Gasteiger partial charge in [-0.05, 0) is 19.9 Å². The quantitative estimate of drug-likeness (QED) is 0.647. The second-order valence-electron chi connectivity index (χ2n) is 3.04. The molecule has 1 heterocycles. The lowest BCUT2D eigenvalue weighted by molar-refractivity contribution is -0.132. The van der Waals surface area contributed by atoms with E-state index in [0.717, 1.165) is 13.0 Å². The molecule has 12 heavy (non-hydrogen) atoms. The fourth-order valence-corrected chi connectivity index (χ4v) is 1.38. The molecular weight excluding hydrogens is 159 g/mol. The van der Waals surface area contributed by atoms with E-state index in [2.05, 4.69) is 5.32 Å². The van der Waals surface area contributed by atoms with Crippen LogP contribution >= 0.6 is 0 Å². The molecule has 0 aromatic rings. The summed E-state index contributed by atoms with van der Waals surface area (Å²) in [4.78, 5) is 13.0. The normalized spacial score (nSPS) is 25.7. The minimum Gasteiger partial charge on any atom is -0.339 e. The Hall–Kier alpha value is -0.640. The van der Waals surface area contributed by atoms with Gasteiger partial charge in [0.15, 0.2) is 0 Å². The molecule has 0 spiro atoms. The van der Waals surface area contributed by atoms with Crippen LogP contribution in [0.15, 0.2) is 0 Å². The largest absolute Gasteiger partial charge is 0.339 e. The summed E-state index contributed by atoms with van der Waals surface area (Å²) < 4.78 is 12.0. The van der Waals surface area contributed by atoms with Crippen LogP contribution < -0.4 is 5.32 Å². The van der Waals surface area contributed by atoms with E-state index in [1.807, 2.05) is 6.92 Å². The fourth-order valence-electron chi connectivity index (χ4n) is 1.38. The number of hydrogen-bond donors (Lipinski definition) is 1. The molecule has 0 unspecified atom stereocenters. The van der Waals surface area contributed by atoms with Crippen molar-refractivity contribution in [3.05, 3.63) is 0 Å². The Morgan fingerprint density at radius 1 is 1.75 bits per heavy atom. The number of alkyl halides is 1. The molecule has 4 heteroatoms. The van der Waals surface area contributed by atoms with E-state index < -0.39 is 6.67 Å². The average molecular weight is 174 g/mol. The molecule has 1 amide bonds. The van der Waals surface area contributed by atoms with Crippen LogP contribution in [0.3, 0.4) is 0 Å². The van der Waals surface area contributed by atoms with Gasteiger partial charge in [-0.15, -0.1) is 0 Å². The predicted molar refractivity (Wildman–Crippen MR) is 44.6 cm³/mol. The molecule has 1 aliphatic rings. The lowest BCUT2D eigenvalue weighted by Crippen LogP contribution is -2.42. The zero-order valence-electron chi connectivity index (χ0n) is 7.35. The van der Waals surface area contributed by atoms with Crippen LogP contribution in [0.1, 0.15) is 13.3 Å². The molecule has 1 N–H and O–H groups in total. The van der Waals surface area contributed by atoms with Crippen molar-refractivity contribution in [1.82, 2.24) is 10.2 Å². The fraction of sp³-hybridized carbons (Fsp3) is 0.875. The lowest BCUT2D eigenvalue weighted by Gasteiger charge is -2.20. The molecule has 70 valence electrons. The van der Waals surface area contributed by atoms with Crippen molar-refractivity contribution in [3.8, 4) is 0 Å². The van der Waals surface area contributed by atoms with Crippen LogP contribution in [0, 0.1) is 0 Å². The molecule has 1 fully saturated rings. The van der Waals surface area contributed by atoms with E-state index in [0.29, 0.717) is 6.54 Å². The van der Waals surface area contributed by atoms with Crippen molar-refractivity contribution >= 4 is 5.91 Å². The van der Waals surface area contributed by atoms with Crippen LogP contribution in [-0.2, 0) is 4.79 Å². The molecule has 0 aromatic carbocycles. The van der Waals surface area contributed by atoms with E-state index in [4.69, 9.17) is 0 Å². The van der Waals surface area contributed by atoms with Gasteiger partial charge in [0, 0.05) is 13.1 Å². The first kappa shape index (κ1) is 9.45. The van der Waals surface area contributed by atoms with Crippen molar-refractivity contribution in [2.24, 2.45) is 0 Å². The maximum Gasteiger partial charge on any atom is 0.239 e. The highest BCUT2D eigenvalue weighted by Crippen LogP contribution is 2.01. The third-order valence-electron chi connectivity index (χ3n) is 2.09. The van der Waals surface area contributed by atoms with Crippen molar-refractivity contribution in [2.75, 3.05) is 26.3 Å². The number of halogens is 1. The summed E-state index contributed by atoms with van der Waals surface area (Å²) in [6, 6.07) is -0.154. The number of carbonyl (C=O) groups is 1. The number of hydrogen-bond acceptors (Lipinski definition) is 2. The maximum absolute atomic E-state index is 12.0. The van der Waals surface area contributed by atoms with E-state index in [1.165, 1.54) is 0 Å². The second-order valence-corrected chi connectivity index (χ2v) is 3.04. The summed E-state index contributed by atoms with van der Waals surface area (Å²) in [5.74, 6) is 0.0187. The van der Waals surface area contributed by atoms with Gasteiger partial charge < -0.3 is 10.2 Å². The van der Waals surface area contributed by atoms with E-state index in [1.54, 1.807) is 4.90 Å². The Bertz CT molecular complexity index is 163. The Morgan fingerprint density at radius 2 is 2.50 bits per heavy atom. The van der Waals surface area contributed by atoms with E-state index >= 15 is 0 Å². The molecule has 0 aromatic heterocycles. The van der Waals surface area contributed by atoms with Crippen LogP contribution in [0.5, 0.6) is 0 Å². The number of carbonyl (C=O) groups excluding carboxylic acids is 1. The predicted octanol–water partition coefficient (Wildman–Crippen LogP) is 0.166. The summed E-state index contributed by atoms with van der Waals surface area (Å²) in [5, 5.41) is 3.07. The Balaban J connectivity index is 2.52. The van der Waals surface area contributed by atoms with Crippen LogP contribution in [0.2, 0.25) is 0 Å². The third kappa shape index (κ3) is 2.17. The maximum atomic E-state index is 12.0. The van der Waals surface area contributed by atoms with Gasteiger partial charge in [-0.2, -0.15) is 0 Å². The van der Waals surface area contributed by atoms with Gasteiger partial charge in [0.05, 0.1) is 6.04 Å². The van der Waals surface area contributed by atoms with Gasteiger partial charge in [0.25, 0.3) is 0 Å². The Morgan fingerprint density at radius 3 is 3.17 bits per heavy atom. The van der Waals surface area contributed by atoms with Gasteiger partial charge in [0.1, 0.15) is 6.67 Å². The monoisotopic (exact) mass is 174 g/mol. The first-order valence-electron chi connectivity index (χ1n) is 4.34. The summed E-state index contributed by atoms with van der Waals surface area (Å²) in [6.45, 7) is 3.14. The Kier molecular flexibility index (Phi) is 3.47. The molecule has 1 saturated heterocycles. The smallest absolute Gasteiger partial charge is 0.239 e.